The van der Waals surface area contributed by atoms with E-state index in [0.717, 1.165) is 12.8 Å². The maximum Gasteiger partial charge on any atom is 0.220 e. The van der Waals surface area contributed by atoms with Gasteiger partial charge in [-0.2, -0.15) is 0 Å². The first kappa shape index (κ1) is 17.1. The van der Waals surface area contributed by atoms with Crippen molar-refractivity contribution in [2.75, 3.05) is 14.2 Å². The van der Waals surface area contributed by atoms with Gasteiger partial charge in [0.25, 0.3) is 0 Å². The third-order valence-corrected chi connectivity index (χ3v) is 7.18. The molecular weight excluding hydrogens is 346 g/mol. The second kappa shape index (κ2) is 5.45. The fourth-order valence-electron chi connectivity index (χ4n) is 3.56. The zero-order chi connectivity index (χ0) is 15.3. The van der Waals surface area contributed by atoms with E-state index in [2.05, 4.69) is 6.92 Å². The first-order valence-electron chi connectivity index (χ1n) is 6.51. The summed E-state index contributed by atoms with van der Waals surface area (Å²) in [6.45, 7) is 2.06. The number of hydrogen-bond acceptors (Lipinski definition) is 3. The Morgan fingerprint density at radius 1 is 1.10 bits per heavy atom. The summed E-state index contributed by atoms with van der Waals surface area (Å²) >= 11 is 26.0. The molecule has 2 bridgehead atoms. The maximum absolute atomic E-state index is 10.7. The van der Waals surface area contributed by atoms with E-state index in [9.17, 15) is 5.11 Å². The highest BCUT2D eigenvalue weighted by Crippen LogP contribution is 2.72. The van der Waals surface area contributed by atoms with Gasteiger partial charge in [-0.1, -0.05) is 43.0 Å². The SMILES string of the molecule is CCCC[C@@H]1[C@H](O)[C@]2(Cl)C(Cl)=C(Cl)[C@@]1(Cl)C2(OC)OC. The number of hydrogen-bond donors (Lipinski definition) is 1. The second-order valence-corrected chi connectivity index (χ2v) is 7.22. The molecule has 0 aromatic rings. The number of aliphatic hydroxyl groups is 1. The molecule has 2 aliphatic carbocycles. The van der Waals surface area contributed by atoms with Crippen molar-refractivity contribution in [1.29, 1.82) is 0 Å². The lowest BCUT2D eigenvalue weighted by molar-refractivity contribution is -0.222. The van der Waals surface area contributed by atoms with Crippen LogP contribution in [-0.4, -0.2) is 41.0 Å². The van der Waals surface area contributed by atoms with Crippen LogP contribution in [0.3, 0.4) is 0 Å². The van der Waals surface area contributed by atoms with E-state index in [-0.39, 0.29) is 10.1 Å². The molecule has 0 aromatic heterocycles. The van der Waals surface area contributed by atoms with Crippen LogP contribution in [0.15, 0.2) is 10.1 Å². The molecule has 0 heterocycles. The summed E-state index contributed by atoms with van der Waals surface area (Å²) in [4.78, 5) is -2.78. The number of methoxy groups -OCH3 is 2. The Hall–Kier alpha value is 0.780. The van der Waals surface area contributed by atoms with Crippen molar-refractivity contribution in [3.8, 4) is 0 Å². The van der Waals surface area contributed by atoms with Crippen molar-refractivity contribution in [3.05, 3.63) is 10.1 Å². The van der Waals surface area contributed by atoms with E-state index < -0.39 is 27.6 Å². The van der Waals surface area contributed by atoms with Gasteiger partial charge in [0.05, 0.1) is 16.2 Å². The molecule has 1 fully saturated rings. The van der Waals surface area contributed by atoms with E-state index in [1.54, 1.807) is 0 Å². The normalized spacial score (nSPS) is 42.6. The van der Waals surface area contributed by atoms with Gasteiger partial charge in [-0.25, -0.2) is 0 Å². The standard InChI is InChI=1S/C13H18Cl4O3/c1-4-5-6-7-10(18)12(17)9(15)8(14)11(7,16)13(12,19-2)20-3/h7,10,18H,4-6H2,1-3H3/t7-,10+,11-,12-/m1/s1. The number of halogens is 4. The molecular formula is C13H18Cl4O3. The molecule has 0 radical (unpaired) electrons. The van der Waals surface area contributed by atoms with E-state index in [1.165, 1.54) is 14.2 Å². The molecule has 7 heteroatoms. The van der Waals surface area contributed by atoms with Crippen molar-refractivity contribution < 1.29 is 14.6 Å². The Morgan fingerprint density at radius 2 is 1.60 bits per heavy atom. The molecule has 4 atom stereocenters. The topological polar surface area (TPSA) is 38.7 Å². The number of alkyl halides is 2. The average molecular weight is 364 g/mol. The minimum Gasteiger partial charge on any atom is -0.390 e. The number of fused-ring (bicyclic) bond motifs is 2. The summed E-state index contributed by atoms with van der Waals surface area (Å²) in [6.07, 6.45) is 1.51. The summed E-state index contributed by atoms with van der Waals surface area (Å²) < 4.78 is 11.0. The number of aliphatic hydroxyl groups excluding tert-OH is 1. The Balaban J connectivity index is 2.61. The predicted octanol–water partition coefficient (Wildman–Crippen LogP) is 3.81. The first-order valence-corrected chi connectivity index (χ1v) is 8.03. The van der Waals surface area contributed by atoms with E-state index >= 15 is 0 Å². The molecule has 1 N–H and O–H groups in total. The van der Waals surface area contributed by atoms with Crippen LogP contribution in [0.2, 0.25) is 0 Å². The van der Waals surface area contributed by atoms with Crippen LogP contribution >= 0.6 is 46.4 Å². The van der Waals surface area contributed by atoms with Crippen LogP contribution in [-0.2, 0) is 9.47 Å². The number of unbranched alkanes of at least 4 members (excludes halogenated alkanes) is 1. The van der Waals surface area contributed by atoms with Crippen molar-refractivity contribution in [2.24, 2.45) is 5.92 Å². The van der Waals surface area contributed by atoms with Gasteiger partial charge in [0.2, 0.25) is 5.79 Å². The molecule has 2 aliphatic rings. The quantitative estimate of drug-likeness (QED) is 0.596. The van der Waals surface area contributed by atoms with Gasteiger partial charge in [-0.15, -0.1) is 23.2 Å². The summed E-state index contributed by atoms with van der Waals surface area (Å²) in [5.41, 5.74) is 0. The number of rotatable bonds is 5. The Bertz CT molecular complexity index is 437. The molecule has 0 saturated heterocycles. The molecule has 3 nitrogen and oxygen atoms in total. The van der Waals surface area contributed by atoms with Crippen LogP contribution in [0.25, 0.3) is 0 Å². The average Bonchev–Trinajstić information content (AvgIpc) is 2.67. The van der Waals surface area contributed by atoms with Crippen molar-refractivity contribution in [3.63, 3.8) is 0 Å². The minimum atomic E-state index is -1.49. The third kappa shape index (κ3) is 1.61. The second-order valence-electron chi connectivity index (χ2n) is 5.27. The highest BCUT2D eigenvalue weighted by atomic mass is 35.5. The lowest BCUT2D eigenvalue weighted by Gasteiger charge is -2.41. The zero-order valence-electron chi connectivity index (χ0n) is 11.6. The van der Waals surface area contributed by atoms with Gasteiger partial charge in [-0.05, 0) is 6.42 Å². The fraction of sp³-hybridized carbons (Fsp3) is 0.846. The van der Waals surface area contributed by atoms with Gasteiger partial charge in [-0.3, -0.25) is 0 Å². The van der Waals surface area contributed by atoms with E-state index in [1.807, 2.05) is 0 Å². The molecule has 1 saturated carbocycles. The molecule has 0 spiro atoms. The smallest absolute Gasteiger partial charge is 0.220 e. The summed E-state index contributed by atoms with van der Waals surface area (Å²) in [5, 5.41) is 11.0. The molecule has 20 heavy (non-hydrogen) atoms. The lowest BCUT2D eigenvalue weighted by Crippen LogP contribution is -2.58. The fourth-order valence-corrected chi connectivity index (χ4v) is 5.68. The Labute approximate surface area is 139 Å². The molecule has 0 unspecified atom stereocenters. The van der Waals surface area contributed by atoms with Gasteiger partial charge < -0.3 is 14.6 Å². The molecule has 116 valence electrons. The van der Waals surface area contributed by atoms with Crippen molar-refractivity contribution >= 4 is 46.4 Å². The third-order valence-electron chi connectivity index (χ3n) is 4.53. The first-order chi connectivity index (χ1) is 9.29. The van der Waals surface area contributed by atoms with Gasteiger partial charge >= 0.3 is 0 Å². The Morgan fingerprint density at radius 3 is 2.00 bits per heavy atom. The highest BCUT2D eigenvalue weighted by Gasteiger charge is 2.84. The van der Waals surface area contributed by atoms with Crippen molar-refractivity contribution in [1.82, 2.24) is 0 Å². The van der Waals surface area contributed by atoms with Crippen LogP contribution in [0.5, 0.6) is 0 Å². The summed E-state index contributed by atoms with van der Waals surface area (Å²) in [7, 11) is 2.85. The minimum absolute atomic E-state index is 0.0970. The molecule has 0 aliphatic heterocycles. The Kier molecular flexibility index (Phi) is 4.67. The zero-order valence-corrected chi connectivity index (χ0v) is 14.6. The van der Waals surface area contributed by atoms with Crippen molar-refractivity contribution in [2.45, 2.75) is 47.8 Å². The van der Waals surface area contributed by atoms with Crippen LogP contribution < -0.4 is 0 Å². The van der Waals surface area contributed by atoms with Crippen LogP contribution in [0, 0.1) is 5.92 Å². The van der Waals surface area contributed by atoms with E-state index in [4.69, 9.17) is 55.9 Å². The van der Waals surface area contributed by atoms with E-state index in [0.29, 0.717) is 6.42 Å². The largest absolute Gasteiger partial charge is 0.390 e. The highest BCUT2D eigenvalue weighted by molar-refractivity contribution is 6.52. The molecule has 0 aromatic carbocycles. The molecule has 2 rings (SSSR count). The number of ether oxygens (including phenoxy) is 2. The lowest BCUT2D eigenvalue weighted by atomic mass is 9.85. The van der Waals surface area contributed by atoms with Gasteiger partial charge in [0.1, 0.15) is 4.87 Å². The molecule has 0 amide bonds. The van der Waals surface area contributed by atoms with Gasteiger partial charge in [0, 0.05) is 20.1 Å². The summed E-state index contributed by atoms with van der Waals surface area (Å²) in [5.74, 6) is -1.88. The van der Waals surface area contributed by atoms with Crippen LogP contribution in [0.4, 0.5) is 0 Å². The maximum atomic E-state index is 10.7. The van der Waals surface area contributed by atoms with Gasteiger partial charge in [0.15, 0.2) is 4.87 Å². The van der Waals surface area contributed by atoms with Crippen LogP contribution in [0.1, 0.15) is 26.2 Å². The predicted molar refractivity (Wildman–Crippen MR) is 81.7 cm³/mol. The summed E-state index contributed by atoms with van der Waals surface area (Å²) in [6, 6.07) is 0. The monoisotopic (exact) mass is 362 g/mol.